The van der Waals surface area contributed by atoms with E-state index in [0.717, 1.165) is 44.7 Å². The van der Waals surface area contributed by atoms with Crippen molar-refractivity contribution in [1.82, 2.24) is 24.8 Å². The summed E-state index contributed by atoms with van der Waals surface area (Å²) in [6.07, 6.45) is 9.71. The highest BCUT2D eigenvalue weighted by Crippen LogP contribution is 2.39. The van der Waals surface area contributed by atoms with Crippen LogP contribution in [0.5, 0.6) is 0 Å². The second-order valence-electron chi connectivity index (χ2n) is 8.57. The summed E-state index contributed by atoms with van der Waals surface area (Å²) in [5.41, 5.74) is 3.68. The van der Waals surface area contributed by atoms with Gasteiger partial charge in [0.25, 0.3) is 0 Å². The van der Waals surface area contributed by atoms with Crippen molar-refractivity contribution in [2.75, 3.05) is 26.2 Å². The number of pyridine rings is 1. The zero-order valence-corrected chi connectivity index (χ0v) is 16.7. The molecule has 28 heavy (non-hydrogen) atoms. The van der Waals surface area contributed by atoms with Crippen molar-refractivity contribution < 1.29 is 4.79 Å². The van der Waals surface area contributed by atoms with Gasteiger partial charge in [-0.1, -0.05) is 6.92 Å². The summed E-state index contributed by atoms with van der Waals surface area (Å²) in [5.74, 6) is 1.33. The second kappa shape index (κ2) is 6.92. The van der Waals surface area contributed by atoms with Gasteiger partial charge in [-0.3, -0.25) is 4.79 Å². The standard InChI is InChI=1S/C22H29N5O/c1-14-3-7-23-12-20(14)27-13-19(16-5-9-26(10-6-16)15(2)28)18-11-25-22-17(21(18)27)4-8-24-22/h4,8,11,13-14,16,20,23H,3,5-7,9-10,12H2,1-2H3,(H,24,25)/t14-,20+/m1/s1. The second-order valence-corrected chi connectivity index (χ2v) is 8.57. The third-order valence-corrected chi connectivity index (χ3v) is 6.93. The molecule has 2 fully saturated rings. The van der Waals surface area contributed by atoms with Gasteiger partial charge in [0.05, 0.1) is 5.52 Å². The molecular weight excluding hydrogens is 350 g/mol. The maximum atomic E-state index is 11.7. The first-order chi connectivity index (χ1) is 13.6. The molecule has 2 N–H and O–H groups in total. The Labute approximate surface area is 165 Å². The number of aromatic amines is 1. The summed E-state index contributed by atoms with van der Waals surface area (Å²) >= 11 is 0. The summed E-state index contributed by atoms with van der Waals surface area (Å²) in [5, 5.41) is 6.08. The van der Waals surface area contributed by atoms with Crippen molar-refractivity contribution in [2.24, 2.45) is 5.92 Å². The molecule has 0 spiro atoms. The molecule has 5 heterocycles. The fourth-order valence-electron chi connectivity index (χ4n) is 5.21. The molecule has 0 radical (unpaired) electrons. The molecule has 148 valence electrons. The Bertz CT molecular complexity index is 1010. The van der Waals surface area contributed by atoms with Gasteiger partial charge in [0.1, 0.15) is 5.65 Å². The minimum atomic E-state index is 0.193. The minimum absolute atomic E-state index is 0.193. The van der Waals surface area contributed by atoms with E-state index >= 15 is 0 Å². The molecule has 0 aliphatic carbocycles. The van der Waals surface area contributed by atoms with Crippen LogP contribution in [0.15, 0.2) is 24.7 Å². The summed E-state index contributed by atoms with van der Waals surface area (Å²) in [7, 11) is 0. The lowest BCUT2D eigenvalue weighted by Crippen LogP contribution is -2.37. The van der Waals surface area contributed by atoms with Crippen molar-refractivity contribution in [1.29, 1.82) is 0 Å². The van der Waals surface area contributed by atoms with Gasteiger partial charge in [0, 0.05) is 62.0 Å². The van der Waals surface area contributed by atoms with Crippen LogP contribution in [0, 0.1) is 5.92 Å². The maximum Gasteiger partial charge on any atom is 0.219 e. The number of fused-ring (bicyclic) bond motifs is 3. The monoisotopic (exact) mass is 379 g/mol. The molecule has 0 aromatic carbocycles. The molecule has 3 aromatic heterocycles. The van der Waals surface area contributed by atoms with E-state index in [1.165, 1.54) is 28.3 Å². The Morgan fingerprint density at radius 3 is 2.79 bits per heavy atom. The van der Waals surface area contributed by atoms with Crippen LogP contribution >= 0.6 is 0 Å². The number of hydrogen-bond acceptors (Lipinski definition) is 3. The van der Waals surface area contributed by atoms with Crippen LogP contribution in [0.3, 0.4) is 0 Å². The van der Waals surface area contributed by atoms with E-state index < -0.39 is 0 Å². The Kier molecular flexibility index (Phi) is 4.38. The third-order valence-electron chi connectivity index (χ3n) is 6.93. The Morgan fingerprint density at radius 2 is 2.04 bits per heavy atom. The molecule has 6 heteroatoms. The number of piperidine rings is 2. The predicted octanol–water partition coefficient (Wildman–Crippen LogP) is 3.41. The molecule has 2 aliphatic heterocycles. The van der Waals surface area contributed by atoms with E-state index in [-0.39, 0.29) is 5.91 Å². The van der Waals surface area contributed by atoms with Crippen molar-refractivity contribution in [3.63, 3.8) is 0 Å². The summed E-state index contributed by atoms with van der Waals surface area (Å²) in [4.78, 5) is 21.7. The Balaban J connectivity index is 1.61. The highest BCUT2D eigenvalue weighted by molar-refractivity contribution is 6.04. The van der Waals surface area contributed by atoms with Crippen LogP contribution in [0.1, 0.15) is 50.6 Å². The van der Waals surface area contributed by atoms with Gasteiger partial charge in [-0.25, -0.2) is 4.98 Å². The van der Waals surface area contributed by atoms with Crippen LogP contribution in [0.25, 0.3) is 21.9 Å². The van der Waals surface area contributed by atoms with Gasteiger partial charge in [-0.15, -0.1) is 0 Å². The van der Waals surface area contributed by atoms with E-state index in [1.807, 2.05) is 11.1 Å². The maximum absolute atomic E-state index is 11.7. The molecule has 2 aliphatic rings. The first-order valence-corrected chi connectivity index (χ1v) is 10.6. The van der Waals surface area contributed by atoms with E-state index in [2.05, 4.69) is 40.3 Å². The van der Waals surface area contributed by atoms with Crippen molar-refractivity contribution in [3.05, 3.63) is 30.2 Å². The molecule has 2 saturated heterocycles. The number of H-pyrrole nitrogens is 1. The molecule has 0 unspecified atom stereocenters. The normalized spacial score (nSPS) is 24.3. The molecule has 3 aromatic rings. The number of nitrogens with one attached hydrogen (secondary N) is 2. The van der Waals surface area contributed by atoms with E-state index in [0.29, 0.717) is 17.9 Å². The van der Waals surface area contributed by atoms with Gasteiger partial charge in [-0.05, 0) is 49.3 Å². The zero-order chi connectivity index (χ0) is 19.3. The van der Waals surface area contributed by atoms with Gasteiger partial charge >= 0.3 is 0 Å². The number of carbonyl (C=O) groups excluding carboxylic acids is 1. The molecule has 1 amide bonds. The highest BCUT2D eigenvalue weighted by atomic mass is 16.2. The quantitative estimate of drug-likeness (QED) is 0.717. The van der Waals surface area contributed by atoms with Gasteiger partial charge in [0.2, 0.25) is 5.91 Å². The summed E-state index contributed by atoms with van der Waals surface area (Å²) in [6, 6.07) is 2.62. The average Bonchev–Trinajstić information content (AvgIpc) is 3.32. The lowest BCUT2D eigenvalue weighted by atomic mass is 9.89. The molecule has 6 nitrogen and oxygen atoms in total. The van der Waals surface area contributed by atoms with Crippen molar-refractivity contribution in [2.45, 2.75) is 45.1 Å². The molecular formula is C22H29N5O. The van der Waals surface area contributed by atoms with E-state index in [9.17, 15) is 4.79 Å². The Hall–Kier alpha value is -2.34. The summed E-state index contributed by atoms with van der Waals surface area (Å²) < 4.78 is 2.52. The zero-order valence-electron chi connectivity index (χ0n) is 16.7. The van der Waals surface area contributed by atoms with Crippen LogP contribution < -0.4 is 5.32 Å². The van der Waals surface area contributed by atoms with Gasteiger partial charge in [0.15, 0.2) is 0 Å². The molecule has 2 atom stereocenters. The number of nitrogens with zero attached hydrogens (tertiary/aromatic N) is 3. The lowest BCUT2D eigenvalue weighted by Gasteiger charge is -2.32. The van der Waals surface area contributed by atoms with Crippen LogP contribution in [0.2, 0.25) is 0 Å². The Morgan fingerprint density at radius 1 is 1.21 bits per heavy atom. The van der Waals surface area contributed by atoms with Crippen molar-refractivity contribution >= 4 is 27.8 Å². The topological polar surface area (TPSA) is 66.0 Å². The number of rotatable bonds is 2. The number of hydrogen-bond donors (Lipinski definition) is 2. The molecule has 5 rings (SSSR count). The van der Waals surface area contributed by atoms with E-state index in [4.69, 9.17) is 4.98 Å². The number of carbonyl (C=O) groups is 1. The number of likely N-dealkylation sites (tertiary alicyclic amines) is 1. The first kappa shape index (κ1) is 17.7. The largest absolute Gasteiger partial charge is 0.346 e. The van der Waals surface area contributed by atoms with Gasteiger partial charge < -0.3 is 19.8 Å². The smallest absolute Gasteiger partial charge is 0.219 e. The van der Waals surface area contributed by atoms with E-state index in [1.54, 1.807) is 6.92 Å². The fraction of sp³-hybridized carbons (Fsp3) is 0.545. The first-order valence-electron chi connectivity index (χ1n) is 10.6. The van der Waals surface area contributed by atoms with Crippen molar-refractivity contribution in [3.8, 4) is 0 Å². The minimum Gasteiger partial charge on any atom is -0.346 e. The van der Waals surface area contributed by atoms with Gasteiger partial charge in [-0.2, -0.15) is 0 Å². The molecule has 0 bridgehead atoms. The SMILES string of the molecule is CC(=O)N1CCC(c2cn([C@H]3CNCC[C@H]3C)c3c2cnc2[nH]ccc23)CC1. The van der Waals surface area contributed by atoms with Crippen LogP contribution in [-0.4, -0.2) is 51.5 Å². The third kappa shape index (κ3) is 2.82. The predicted molar refractivity (Wildman–Crippen MR) is 112 cm³/mol. The lowest BCUT2D eigenvalue weighted by molar-refractivity contribution is -0.129. The number of aromatic nitrogens is 3. The summed E-state index contributed by atoms with van der Waals surface area (Å²) in [6.45, 7) is 7.88. The highest BCUT2D eigenvalue weighted by Gasteiger charge is 2.29. The van der Waals surface area contributed by atoms with Crippen LogP contribution in [-0.2, 0) is 4.79 Å². The average molecular weight is 380 g/mol. The van der Waals surface area contributed by atoms with Crippen LogP contribution in [0.4, 0.5) is 0 Å². The fourth-order valence-corrected chi connectivity index (χ4v) is 5.21. The number of amides is 1. The molecule has 0 saturated carbocycles.